The first-order valence-corrected chi connectivity index (χ1v) is 8.60. The molecule has 0 radical (unpaired) electrons. The highest BCUT2D eigenvalue weighted by Gasteiger charge is 2.11. The number of halogens is 1. The first-order chi connectivity index (χ1) is 13.1. The van der Waals surface area contributed by atoms with Crippen molar-refractivity contribution in [3.05, 3.63) is 80.7 Å². The molecule has 0 aliphatic carbocycles. The van der Waals surface area contributed by atoms with E-state index in [1.807, 2.05) is 12.1 Å². The number of rotatable bonds is 4. The molecule has 27 heavy (non-hydrogen) atoms. The molecule has 1 heterocycles. The molecule has 0 bridgehead atoms. The lowest BCUT2D eigenvalue weighted by Crippen LogP contribution is -2.26. The van der Waals surface area contributed by atoms with E-state index in [9.17, 15) is 9.59 Å². The average Bonchev–Trinajstić information content (AvgIpc) is 2.68. The summed E-state index contributed by atoms with van der Waals surface area (Å²) in [6.07, 6.45) is 1.23. The Bertz CT molecular complexity index is 1090. The van der Waals surface area contributed by atoms with E-state index in [0.29, 0.717) is 28.1 Å². The minimum atomic E-state index is -0.284. The van der Waals surface area contributed by atoms with Crippen LogP contribution in [0.3, 0.4) is 0 Å². The van der Waals surface area contributed by atoms with Crippen molar-refractivity contribution in [2.75, 3.05) is 6.61 Å². The maximum Gasteiger partial charge on any atom is 0.224 e. The van der Waals surface area contributed by atoms with Crippen LogP contribution in [0.15, 0.2) is 57.9 Å². The van der Waals surface area contributed by atoms with Crippen LogP contribution in [0.5, 0.6) is 0 Å². The number of aliphatic hydroxyl groups is 1. The summed E-state index contributed by atoms with van der Waals surface area (Å²) in [6, 6.07) is 12.1. The molecule has 0 fully saturated rings. The maximum absolute atomic E-state index is 12.6. The number of hydrogen-bond acceptors (Lipinski definition) is 4. The molecule has 136 valence electrons. The number of carbonyl (C=O) groups is 1. The van der Waals surface area contributed by atoms with E-state index in [2.05, 4.69) is 17.2 Å². The van der Waals surface area contributed by atoms with Crippen LogP contribution >= 0.6 is 11.6 Å². The van der Waals surface area contributed by atoms with Gasteiger partial charge in [0.2, 0.25) is 5.91 Å². The molecule has 3 rings (SSSR count). The predicted octanol–water partition coefficient (Wildman–Crippen LogP) is 2.65. The molecule has 0 aliphatic rings. The molecule has 1 aromatic heterocycles. The van der Waals surface area contributed by atoms with E-state index >= 15 is 0 Å². The van der Waals surface area contributed by atoms with Crippen molar-refractivity contribution >= 4 is 28.5 Å². The minimum Gasteiger partial charge on any atom is -0.464 e. The van der Waals surface area contributed by atoms with E-state index in [1.54, 1.807) is 30.3 Å². The van der Waals surface area contributed by atoms with Gasteiger partial charge >= 0.3 is 0 Å². The second kappa shape index (κ2) is 8.54. The molecule has 3 aromatic rings. The summed E-state index contributed by atoms with van der Waals surface area (Å²) < 4.78 is 5.47. The maximum atomic E-state index is 12.6. The van der Waals surface area contributed by atoms with Gasteiger partial charge in [-0.3, -0.25) is 9.59 Å². The van der Waals surface area contributed by atoms with Crippen LogP contribution in [0.25, 0.3) is 11.0 Å². The van der Waals surface area contributed by atoms with Gasteiger partial charge in [0.05, 0.1) is 18.1 Å². The van der Waals surface area contributed by atoms with Crippen LogP contribution in [-0.4, -0.2) is 17.6 Å². The van der Waals surface area contributed by atoms with Gasteiger partial charge in [-0.05, 0) is 35.9 Å². The van der Waals surface area contributed by atoms with Crippen molar-refractivity contribution in [1.82, 2.24) is 5.32 Å². The fourth-order valence-electron chi connectivity index (χ4n) is 2.55. The van der Waals surface area contributed by atoms with Crippen LogP contribution in [0.4, 0.5) is 0 Å². The zero-order valence-electron chi connectivity index (χ0n) is 14.3. The van der Waals surface area contributed by atoms with Crippen LogP contribution in [0.2, 0.25) is 5.02 Å². The Kier molecular flexibility index (Phi) is 5.92. The number of carbonyl (C=O) groups excluding carboxylic acids is 1. The van der Waals surface area contributed by atoms with E-state index in [0.717, 1.165) is 5.56 Å². The highest BCUT2D eigenvalue weighted by atomic mass is 35.5. The normalized spacial score (nSPS) is 10.3. The summed E-state index contributed by atoms with van der Waals surface area (Å²) in [7, 11) is 0. The monoisotopic (exact) mass is 381 g/mol. The fourth-order valence-corrected chi connectivity index (χ4v) is 2.68. The van der Waals surface area contributed by atoms with E-state index in [-0.39, 0.29) is 29.9 Å². The number of hydrogen-bond donors (Lipinski definition) is 2. The van der Waals surface area contributed by atoms with Crippen LogP contribution in [0.1, 0.15) is 16.7 Å². The standard InChI is InChI=1S/C21H16ClNO4/c22-17-6-3-15(4-7-17)12-23-20(25)11-16-13-27-19-8-5-14(2-1-9-24)10-18(19)21(16)26/h3-8,10,13,24H,9,11-12H2,(H,23,25). The van der Waals surface area contributed by atoms with Gasteiger partial charge in [-0.1, -0.05) is 35.6 Å². The molecule has 0 unspecified atom stereocenters. The molecular weight excluding hydrogens is 366 g/mol. The van der Waals surface area contributed by atoms with E-state index < -0.39 is 0 Å². The first kappa shape index (κ1) is 18.7. The number of benzene rings is 2. The van der Waals surface area contributed by atoms with Gasteiger partial charge < -0.3 is 14.8 Å². The van der Waals surface area contributed by atoms with Gasteiger partial charge in [-0.25, -0.2) is 0 Å². The van der Waals surface area contributed by atoms with Crippen molar-refractivity contribution in [2.24, 2.45) is 0 Å². The van der Waals surface area contributed by atoms with Gasteiger partial charge in [-0.15, -0.1) is 0 Å². The summed E-state index contributed by atoms with van der Waals surface area (Å²) in [5.41, 5.74) is 1.91. The van der Waals surface area contributed by atoms with Gasteiger partial charge in [0.25, 0.3) is 0 Å². The summed E-state index contributed by atoms with van der Waals surface area (Å²) in [5.74, 6) is 4.99. The predicted molar refractivity (Wildman–Crippen MR) is 103 cm³/mol. The molecule has 0 saturated carbocycles. The van der Waals surface area contributed by atoms with Crippen molar-refractivity contribution in [3.63, 3.8) is 0 Å². The lowest BCUT2D eigenvalue weighted by Gasteiger charge is -2.06. The highest BCUT2D eigenvalue weighted by Crippen LogP contribution is 2.14. The SMILES string of the molecule is O=C(Cc1coc2ccc(C#CCO)cc2c1=O)NCc1ccc(Cl)cc1. The Morgan fingerprint density at radius 1 is 1.19 bits per heavy atom. The van der Waals surface area contributed by atoms with E-state index in [4.69, 9.17) is 21.1 Å². The molecule has 0 spiro atoms. The molecule has 1 amide bonds. The molecule has 2 aromatic carbocycles. The van der Waals surface area contributed by atoms with Crippen molar-refractivity contribution in [1.29, 1.82) is 0 Å². The Labute approximate surface area is 160 Å². The zero-order chi connectivity index (χ0) is 19.2. The largest absolute Gasteiger partial charge is 0.464 e. The average molecular weight is 382 g/mol. The number of nitrogens with one attached hydrogen (secondary N) is 1. The molecule has 0 saturated heterocycles. The quantitative estimate of drug-likeness (QED) is 0.681. The zero-order valence-corrected chi connectivity index (χ0v) is 15.0. The molecule has 0 atom stereocenters. The van der Waals surface area contributed by atoms with Crippen LogP contribution < -0.4 is 10.7 Å². The third kappa shape index (κ3) is 4.76. The lowest BCUT2D eigenvalue weighted by atomic mass is 10.1. The Morgan fingerprint density at radius 2 is 1.96 bits per heavy atom. The Hall–Kier alpha value is -3.07. The summed E-state index contributed by atoms with van der Waals surface area (Å²) in [5, 5.41) is 12.5. The Morgan fingerprint density at radius 3 is 2.70 bits per heavy atom. The van der Waals surface area contributed by atoms with Crippen molar-refractivity contribution < 1.29 is 14.3 Å². The fraction of sp³-hybridized carbons (Fsp3) is 0.143. The van der Waals surface area contributed by atoms with Crippen molar-refractivity contribution in [3.8, 4) is 11.8 Å². The van der Waals surface area contributed by atoms with Gasteiger partial charge in [0.15, 0.2) is 5.43 Å². The van der Waals surface area contributed by atoms with Gasteiger partial charge in [0, 0.05) is 22.7 Å². The van der Waals surface area contributed by atoms with Gasteiger partial charge in [0.1, 0.15) is 12.2 Å². The third-order valence-electron chi connectivity index (χ3n) is 3.91. The van der Waals surface area contributed by atoms with Crippen molar-refractivity contribution in [2.45, 2.75) is 13.0 Å². The summed E-state index contributed by atoms with van der Waals surface area (Å²) >= 11 is 5.83. The number of aliphatic hydroxyl groups excluding tert-OH is 1. The minimum absolute atomic E-state index is 0.0849. The number of fused-ring (bicyclic) bond motifs is 1. The van der Waals surface area contributed by atoms with E-state index in [1.165, 1.54) is 6.26 Å². The Balaban J connectivity index is 1.75. The topological polar surface area (TPSA) is 79.5 Å². The van der Waals surface area contributed by atoms with Crippen LogP contribution in [-0.2, 0) is 17.8 Å². The second-order valence-corrected chi connectivity index (χ2v) is 6.28. The third-order valence-corrected chi connectivity index (χ3v) is 4.16. The highest BCUT2D eigenvalue weighted by molar-refractivity contribution is 6.30. The smallest absolute Gasteiger partial charge is 0.224 e. The summed E-state index contributed by atoms with van der Waals surface area (Å²) in [4.78, 5) is 24.8. The van der Waals surface area contributed by atoms with Crippen LogP contribution in [0, 0.1) is 11.8 Å². The second-order valence-electron chi connectivity index (χ2n) is 5.84. The van der Waals surface area contributed by atoms with Gasteiger partial charge in [-0.2, -0.15) is 0 Å². The lowest BCUT2D eigenvalue weighted by molar-refractivity contribution is -0.120. The molecular formula is C21H16ClNO4. The molecule has 2 N–H and O–H groups in total. The molecule has 5 nitrogen and oxygen atoms in total. The first-order valence-electron chi connectivity index (χ1n) is 8.22. The summed E-state index contributed by atoms with van der Waals surface area (Å²) in [6.45, 7) is 0.0797. The molecule has 0 aliphatic heterocycles. The molecule has 6 heteroatoms. The number of amides is 1.